The van der Waals surface area contributed by atoms with Crippen LogP contribution in [0.25, 0.3) is 0 Å². The van der Waals surface area contributed by atoms with Crippen molar-refractivity contribution in [2.75, 3.05) is 6.61 Å². The van der Waals surface area contributed by atoms with Crippen LogP contribution in [0.15, 0.2) is 24.3 Å². The highest BCUT2D eigenvalue weighted by atomic mass is 16.5. The first-order chi connectivity index (χ1) is 8.22. The van der Waals surface area contributed by atoms with Crippen molar-refractivity contribution < 1.29 is 9.53 Å². The highest BCUT2D eigenvalue weighted by Crippen LogP contribution is 2.27. The predicted octanol–water partition coefficient (Wildman–Crippen LogP) is 2.40. The number of hydrogen-bond donors (Lipinski definition) is 1. The van der Waals surface area contributed by atoms with E-state index in [4.69, 9.17) is 10.5 Å². The number of ketones is 1. The summed E-state index contributed by atoms with van der Waals surface area (Å²) in [6.45, 7) is 2.58. The summed E-state index contributed by atoms with van der Waals surface area (Å²) in [5.74, 6) is 0.991. The SMILES string of the molecule is CCOc1ccc(C(=O)C2CCCC2N)cc1. The van der Waals surface area contributed by atoms with E-state index in [0.29, 0.717) is 6.61 Å². The van der Waals surface area contributed by atoms with Crippen molar-refractivity contribution in [2.24, 2.45) is 11.7 Å². The van der Waals surface area contributed by atoms with Crippen LogP contribution < -0.4 is 10.5 Å². The quantitative estimate of drug-likeness (QED) is 0.812. The summed E-state index contributed by atoms with van der Waals surface area (Å²) in [6.07, 6.45) is 2.95. The summed E-state index contributed by atoms with van der Waals surface area (Å²) in [5, 5.41) is 0. The third-order valence-electron chi connectivity index (χ3n) is 3.36. The van der Waals surface area contributed by atoms with E-state index in [9.17, 15) is 4.79 Å². The molecule has 92 valence electrons. The monoisotopic (exact) mass is 233 g/mol. The van der Waals surface area contributed by atoms with Gasteiger partial charge < -0.3 is 10.5 Å². The van der Waals surface area contributed by atoms with Gasteiger partial charge in [0.05, 0.1) is 6.61 Å². The Balaban J connectivity index is 2.08. The number of hydrogen-bond acceptors (Lipinski definition) is 3. The molecule has 2 rings (SSSR count). The second kappa shape index (κ2) is 5.32. The second-order valence-corrected chi connectivity index (χ2v) is 4.52. The molecule has 0 bridgehead atoms. The molecule has 2 N–H and O–H groups in total. The fourth-order valence-electron chi connectivity index (χ4n) is 2.41. The minimum absolute atomic E-state index is 0.00736. The van der Waals surface area contributed by atoms with Gasteiger partial charge in [-0.1, -0.05) is 6.42 Å². The molecule has 0 aliphatic heterocycles. The minimum atomic E-state index is 0.00736. The molecule has 0 aromatic heterocycles. The van der Waals surface area contributed by atoms with Crippen LogP contribution in [0.1, 0.15) is 36.5 Å². The molecular formula is C14H19NO2. The summed E-state index contributed by atoms with van der Waals surface area (Å²) < 4.78 is 5.35. The van der Waals surface area contributed by atoms with Crippen molar-refractivity contribution in [2.45, 2.75) is 32.2 Å². The van der Waals surface area contributed by atoms with Gasteiger partial charge in [-0.2, -0.15) is 0 Å². The number of benzene rings is 1. The van der Waals surface area contributed by atoms with Crippen molar-refractivity contribution in [3.8, 4) is 5.75 Å². The van der Waals surface area contributed by atoms with Gasteiger partial charge in [0.25, 0.3) is 0 Å². The molecule has 3 heteroatoms. The summed E-state index contributed by atoms with van der Waals surface area (Å²) in [6, 6.07) is 7.39. The molecule has 0 saturated heterocycles. The third-order valence-corrected chi connectivity index (χ3v) is 3.36. The first-order valence-corrected chi connectivity index (χ1v) is 6.25. The Hall–Kier alpha value is -1.35. The molecule has 3 nitrogen and oxygen atoms in total. The molecule has 17 heavy (non-hydrogen) atoms. The van der Waals surface area contributed by atoms with Crippen LogP contribution >= 0.6 is 0 Å². The first-order valence-electron chi connectivity index (χ1n) is 6.25. The van der Waals surface area contributed by atoms with Gasteiger partial charge in [0.2, 0.25) is 0 Å². The van der Waals surface area contributed by atoms with Crippen molar-refractivity contribution in [1.29, 1.82) is 0 Å². The molecule has 0 radical (unpaired) electrons. The lowest BCUT2D eigenvalue weighted by molar-refractivity contribution is 0.0913. The zero-order valence-electron chi connectivity index (χ0n) is 10.2. The molecule has 2 atom stereocenters. The molecule has 0 amide bonds. The van der Waals surface area contributed by atoms with E-state index in [2.05, 4.69) is 0 Å². The lowest BCUT2D eigenvalue weighted by Crippen LogP contribution is -2.30. The Morgan fingerprint density at radius 2 is 2.06 bits per heavy atom. The van der Waals surface area contributed by atoms with E-state index >= 15 is 0 Å². The number of Topliss-reactive ketones (excluding diaryl/α,β-unsaturated/α-hetero) is 1. The first kappa shape index (κ1) is 12.1. The Morgan fingerprint density at radius 3 is 2.59 bits per heavy atom. The van der Waals surface area contributed by atoms with Crippen LogP contribution in [0, 0.1) is 5.92 Å². The van der Waals surface area contributed by atoms with Crippen LogP contribution in [-0.4, -0.2) is 18.4 Å². The summed E-state index contributed by atoms with van der Waals surface area (Å²) in [4.78, 5) is 12.2. The molecule has 1 aromatic carbocycles. The summed E-state index contributed by atoms with van der Waals surface area (Å²) in [7, 11) is 0. The van der Waals surface area contributed by atoms with Crippen molar-refractivity contribution >= 4 is 5.78 Å². The van der Waals surface area contributed by atoms with E-state index in [-0.39, 0.29) is 17.7 Å². The topological polar surface area (TPSA) is 52.3 Å². The summed E-state index contributed by atoms with van der Waals surface area (Å²) >= 11 is 0. The van der Waals surface area contributed by atoms with E-state index in [0.717, 1.165) is 30.6 Å². The van der Waals surface area contributed by atoms with E-state index in [1.54, 1.807) is 0 Å². The fourth-order valence-corrected chi connectivity index (χ4v) is 2.41. The molecule has 1 saturated carbocycles. The van der Waals surface area contributed by atoms with Gasteiger partial charge in [-0.15, -0.1) is 0 Å². The van der Waals surface area contributed by atoms with Crippen LogP contribution in [0.2, 0.25) is 0 Å². The van der Waals surface area contributed by atoms with E-state index in [1.165, 1.54) is 0 Å². The zero-order chi connectivity index (χ0) is 12.3. The van der Waals surface area contributed by atoms with E-state index < -0.39 is 0 Å². The summed E-state index contributed by atoms with van der Waals surface area (Å²) in [5.41, 5.74) is 6.70. The van der Waals surface area contributed by atoms with Crippen LogP contribution in [-0.2, 0) is 0 Å². The Labute approximate surface area is 102 Å². The highest BCUT2D eigenvalue weighted by molar-refractivity contribution is 5.98. The maximum absolute atomic E-state index is 12.2. The molecule has 0 spiro atoms. The standard InChI is InChI=1S/C14H19NO2/c1-2-17-11-8-6-10(7-9-11)14(16)12-4-3-5-13(12)15/h6-9,12-13H,2-5,15H2,1H3. The van der Waals surface area contributed by atoms with Gasteiger partial charge in [0.15, 0.2) is 5.78 Å². The van der Waals surface area contributed by atoms with Gasteiger partial charge in [-0.25, -0.2) is 0 Å². The van der Waals surface area contributed by atoms with Crippen molar-refractivity contribution in [3.63, 3.8) is 0 Å². The van der Waals surface area contributed by atoms with Gasteiger partial charge in [-0.05, 0) is 44.0 Å². The van der Waals surface area contributed by atoms with Gasteiger partial charge in [-0.3, -0.25) is 4.79 Å². The lowest BCUT2D eigenvalue weighted by Gasteiger charge is -2.14. The zero-order valence-corrected chi connectivity index (χ0v) is 10.2. The third kappa shape index (κ3) is 2.67. The lowest BCUT2D eigenvalue weighted by atomic mass is 9.93. The number of nitrogens with two attached hydrogens (primary N) is 1. The average Bonchev–Trinajstić information content (AvgIpc) is 2.76. The molecular weight excluding hydrogens is 214 g/mol. The Kier molecular flexibility index (Phi) is 3.79. The smallest absolute Gasteiger partial charge is 0.167 e. The average molecular weight is 233 g/mol. The molecule has 2 unspecified atom stereocenters. The fraction of sp³-hybridized carbons (Fsp3) is 0.500. The molecule has 1 aliphatic carbocycles. The van der Waals surface area contributed by atoms with Gasteiger partial charge in [0, 0.05) is 17.5 Å². The minimum Gasteiger partial charge on any atom is -0.494 e. The number of ether oxygens (including phenoxy) is 1. The van der Waals surface area contributed by atoms with Gasteiger partial charge in [0.1, 0.15) is 5.75 Å². The Bertz CT molecular complexity index is 386. The van der Waals surface area contributed by atoms with Crippen LogP contribution in [0.4, 0.5) is 0 Å². The van der Waals surface area contributed by atoms with Gasteiger partial charge >= 0.3 is 0 Å². The van der Waals surface area contributed by atoms with Crippen LogP contribution in [0.3, 0.4) is 0 Å². The largest absolute Gasteiger partial charge is 0.494 e. The maximum Gasteiger partial charge on any atom is 0.167 e. The second-order valence-electron chi connectivity index (χ2n) is 4.52. The number of rotatable bonds is 4. The maximum atomic E-state index is 12.2. The molecule has 1 aliphatic rings. The Morgan fingerprint density at radius 1 is 1.35 bits per heavy atom. The van der Waals surface area contributed by atoms with Crippen molar-refractivity contribution in [3.05, 3.63) is 29.8 Å². The molecule has 1 fully saturated rings. The molecule has 1 aromatic rings. The number of carbonyl (C=O) groups is 1. The highest BCUT2D eigenvalue weighted by Gasteiger charge is 2.30. The predicted molar refractivity (Wildman–Crippen MR) is 67.3 cm³/mol. The molecule has 0 heterocycles. The van der Waals surface area contributed by atoms with Crippen LogP contribution in [0.5, 0.6) is 5.75 Å². The van der Waals surface area contributed by atoms with Crippen molar-refractivity contribution in [1.82, 2.24) is 0 Å². The number of carbonyl (C=O) groups excluding carboxylic acids is 1. The van der Waals surface area contributed by atoms with E-state index in [1.807, 2.05) is 31.2 Å². The normalized spacial score (nSPS) is 23.6.